The molecule has 2 aromatic carbocycles. The van der Waals surface area contributed by atoms with Crippen molar-refractivity contribution in [3.05, 3.63) is 83.9 Å². The predicted octanol–water partition coefficient (Wildman–Crippen LogP) is 4.95. The van der Waals surface area contributed by atoms with Crippen LogP contribution in [-0.2, 0) is 6.42 Å². The highest BCUT2D eigenvalue weighted by Gasteiger charge is 2.27. The summed E-state index contributed by atoms with van der Waals surface area (Å²) in [6, 6.07) is 17.2. The van der Waals surface area contributed by atoms with E-state index in [0.717, 1.165) is 22.3 Å². The van der Waals surface area contributed by atoms with Crippen LogP contribution in [0, 0.1) is 6.92 Å². The molecule has 0 atom stereocenters. The molecule has 1 fully saturated rings. The van der Waals surface area contributed by atoms with Gasteiger partial charge in [0.05, 0.1) is 19.9 Å². The van der Waals surface area contributed by atoms with Gasteiger partial charge in [-0.3, -0.25) is 4.98 Å². The molecule has 0 radical (unpaired) electrons. The molecule has 0 aliphatic carbocycles. The number of nitrogens with one attached hydrogen (secondary N) is 1. The third-order valence-corrected chi connectivity index (χ3v) is 7.30. The Kier molecular flexibility index (Phi) is 7.54. The van der Waals surface area contributed by atoms with Gasteiger partial charge in [-0.25, -0.2) is 9.78 Å². The van der Waals surface area contributed by atoms with E-state index in [2.05, 4.69) is 51.5 Å². The van der Waals surface area contributed by atoms with Crippen LogP contribution in [0.3, 0.4) is 0 Å². The first-order valence-corrected chi connectivity index (χ1v) is 13.7. The second-order valence-electron chi connectivity index (χ2n) is 10.0. The van der Waals surface area contributed by atoms with Crippen LogP contribution in [0.1, 0.15) is 17.0 Å². The molecular formula is C31H31N7O4. The number of fused-ring (bicyclic) bond motifs is 1. The van der Waals surface area contributed by atoms with Crippen molar-refractivity contribution in [2.45, 2.75) is 13.3 Å². The summed E-state index contributed by atoms with van der Waals surface area (Å²) in [7, 11) is 3.14. The lowest BCUT2D eigenvalue weighted by Gasteiger charge is -2.35. The molecule has 4 heterocycles. The number of aryl methyl sites for hydroxylation is 1. The fraction of sp³-hybridized carbons (Fsp3) is 0.258. The van der Waals surface area contributed by atoms with E-state index in [1.165, 1.54) is 5.56 Å². The smallest absolute Gasteiger partial charge is 0.322 e. The van der Waals surface area contributed by atoms with Crippen molar-refractivity contribution in [1.82, 2.24) is 25.0 Å². The second-order valence-corrected chi connectivity index (χ2v) is 10.0. The highest BCUT2D eigenvalue weighted by atomic mass is 16.5. The lowest BCUT2D eigenvalue weighted by atomic mass is 10.1. The van der Waals surface area contributed by atoms with Gasteiger partial charge in [0.1, 0.15) is 34.2 Å². The molecule has 0 spiro atoms. The number of pyridine rings is 1. The van der Waals surface area contributed by atoms with Crippen LogP contribution in [-0.4, -0.2) is 71.4 Å². The minimum Gasteiger partial charge on any atom is -0.497 e. The number of amides is 2. The molecule has 1 saturated heterocycles. The average molecular weight is 566 g/mol. The monoisotopic (exact) mass is 565 g/mol. The van der Waals surface area contributed by atoms with Gasteiger partial charge in [-0.15, -0.1) is 0 Å². The van der Waals surface area contributed by atoms with Crippen LogP contribution in [0.5, 0.6) is 11.5 Å². The van der Waals surface area contributed by atoms with Crippen molar-refractivity contribution in [2.75, 3.05) is 50.6 Å². The Morgan fingerprint density at radius 1 is 1.00 bits per heavy atom. The standard InChI is InChI=1S/C31H31N7O4/c1-20-6-8-21(9-7-20)17-26-34-29(27-28(36-42-30(27)35-26)22-5-4-12-32-19-22)37-13-15-38(16-14-37)31(39)33-24-11-10-23(40-2)18-25(24)41-3/h4-12,18-19H,13-17H2,1-3H3,(H,33,39). The molecule has 2 amide bonds. The van der Waals surface area contributed by atoms with E-state index in [1.807, 2.05) is 12.1 Å². The Morgan fingerprint density at radius 2 is 1.81 bits per heavy atom. The van der Waals surface area contributed by atoms with E-state index in [4.69, 9.17) is 24.0 Å². The quantitative estimate of drug-likeness (QED) is 0.292. The fourth-order valence-corrected chi connectivity index (χ4v) is 4.99. The van der Waals surface area contributed by atoms with Crippen LogP contribution >= 0.6 is 0 Å². The third kappa shape index (κ3) is 5.53. The molecule has 3 aromatic heterocycles. The van der Waals surface area contributed by atoms with Gasteiger partial charge in [0.2, 0.25) is 0 Å². The first kappa shape index (κ1) is 27.0. The summed E-state index contributed by atoms with van der Waals surface area (Å²) in [5, 5.41) is 8.06. The number of ether oxygens (including phenoxy) is 2. The van der Waals surface area contributed by atoms with E-state index in [-0.39, 0.29) is 6.03 Å². The van der Waals surface area contributed by atoms with Crippen LogP contribution in [0.2, 0.25) is 0 Å². The lowest BCUT2D eigenvalue weighted by molar-refractivity contribution is 0.208. The maximum Gasteiger partial charge on any atom is 0.322 e. The number of methoxy groups -OCH3 is 2. The van der Waals surface area contributed by atoms with Crippen LogP contribution in [0.4, 0.5) is 16.3 Å². The number of benzene rings is 2. The minimum absolute atomic E-state index is 0.202. The summed E-state index contributed by atoms with van der Waals surface area (Å²) in [5.74, 6) is 2.55. The minimum atomic E-state index is -0.202. The molecular weight excluding hydrogens is 534 g/mol. The zero-order valence-electron chi connectivity index (χ0n) is 23.7. The normalized spacial score (nSPS) is 13.3. The fourth-order valence-electron chi connectivity index (χ4n) is 4.99. The van der Waals surface area contributed by atoms with E-state index in [9.17, 15) is 4.79 Å². The maximum atomic E-state index is 13.2. The molecule has 1 aliphatic heterocycles. The number of nitrogens with zero attached hydrogens (tertiary/aromatic N) is 6. The summed E-state index contributed by atoms with van der Waals surface area (Å²) >= 11 is 0. The molecule has 11 nitrogen and oxygen atoms in total. The van der Waals surface area contributed by atoms with E-state index < -0.39 is 0 Å². The van der Waals surface area contributed by atoms with Crippen molar-refractivity contribution in [3.8, 4) is 22.8 Å². The van der Waals surface area contributed by atoms with Gasteiger partial charge < -0.3 is 29.1 Å². The SMILES string of the molecule is COc1ccc(NC(=O)N2CCN(c3nc(Cc4ccc(C)cc4)nc4onc(-c5cccnc5)c34)CC2)c(OC)c1. The van der Waals surface area contributed by atoms with Gasteiger partial charge in [0, 0.05) is 56.6 Å². The zero-order valence-corrected chi connectivity index (χ0v) is 23.7. The average Bonchev–Trinajstić information content (AvgIpc) is 3.46. The van der Waals surface area contributed by atoms with Gasteiger partial charge >= 0.3 is 6.03 Å². The molecule has 42 heavy (non-hydrogen) atoms. The summed E-state index contributed by atoms with van der Waals surface area (Å²) in [4.78, 5) is 31.1. The Bertz CT molecular complexity index is 1700. The summed E-state index contributed by atoms with van der Waals surface area (Å²) < 4.78 is 16.4. The first-order chi connectivity index (χ1) is 20.5. The molecule has 6 rings (SSSR count). The van der Waals surface area contributed by atoms with Crippen LogP contribution in [0.15, 0.2) is 71.5 Å². The van der Waals surface area contributed by atoms with Crippen molar-refractivity contribution in [1.29, 1.82) is 0 Å². The molecule has 11 heteroatoms. The summed E-state index contributed by atoms with van der Waals surface area (Å²) in [6.07, 6.45) is 4.02. The molecule has 5 aromatic rings. The van der Waals surface area contributed by atoms with E-state index >= 15 is 0 Å². The molecule has 1 aliphatic rings. The number of carbonyl (C=O) groups is 1. The number of urea groups is 1. The molecule has 214 valence electrons. The maximum absolute atomic E-state index is 13.2. The molecule has 0 unspecified atom stereocenters. The number of carbonyl (C=O) groups excluding carboxylic acids is 1. The Hall–Kier alpha value is -5.19. The Morgan fingerprint density at radius 3 is 2.52 bits per heavy atom. The summed E-state index contributed by atoms with van der Waals surface area (Å²) in [6.45, 7) is 4.20. The Labute approximate surface area is 243 Å². The van der Waals surface area contributed by atoms with Gasteiger partial charge in [-0.1, -0.05) is 35.0 Å². The lowest BCUT2D eigenvalue weighted by Crippen LogP contribution is -2.50. The van der Waals surface area contributed by atoms with Crippen molar-refractivity contribution in [3.63, 3.8) is 0 Å². The highest BCUT2D eigenvalue weighted by Crippen LogP contribution is 2.34. The second kappa shape index (κ2) is 11.7. The first-order valence-electron chi connectivity index (χ1n) is 13.7. The van der Waals surface area contributed by atoms with Crippen molar-refractivity contribution in [2.24, 2.45) is 0 Å². The summed E-state index contributed by atoms with van der Waals surface area (Å²) in [5.41, 5.74) is 4.76. The van der Waals surface area contributed by atoms with Gasteiger partial charge in [-0.05, 0) is 36.8 Å². The van der Waals surface area contributed by atoms with Crippen molar-refractivity contribution < 1.29 is 18.8 Å². The molecule has 0 bridgehead atoms. The number of rotatable bonds is 7. The number of hydrogen-bond acceptors (Lipinski definition) is 9. The third-order valence-electron chi connectivity index (χ3n) is 7.30. The van der Waals surface area contributed by atoms with E-state index in [1.54, 1.807) is 49.7 Å². The molecule has 1 N–H and O–H groups in total. The number of hydrogen-bond donors (Lipinski definition) is 1. The van der Waals surface area contributed by atoms with Gasteiger partial charge in [0.15, 0.2) is 0 Å². The topological polar surface area (TPSA) is 119 Å². The van der Waals surface area contributed by atoms with Gasteiger partial charge in [0.25, 0.3) is 5.71 Å². The van der Waals surface area contributed by atoms with Crippen LogP contribution in [0.25, 0.3) is 22.4 Å². The molecule has 0 saturated carbocycles. The number of anilines is 2. The zero-order chi connectivity index (χ0) is 29.1. The van der Waals surface area contributed by atoms with E-state index in [0.29, 0.717) is 67.0 Å². The number of piperazine rings is 1. The van der Waals surface area contributed by atoms with Crippen LogP contribution < -0.4 is 19.7 Å². The largest absolute Gasteiger partial charge is 0.497 e. The van der Waals surface area contributed by atoms with Gasteiger partial charge in [-0.2, -0.15) is 4.98 Å². The predicted molar refractivity (Wildman–Crippen MR) is 159 cm³/mol. The van der Waals surface area contributed by atoms with Crippen molar-refractivity contribution >= 4 is 28.6 Å². The number of aromatic nitrogens is 4. The highest BCUT2D eigenvalue weighted by molar-refractivity contribution is 5.98. The Balaban J connectivity index is 1.26.